The van der Waals surface area contributed by atoms with E-state index in [0.717, 1.165) is 6.54 Å². The van der Waals surface area contributed by atoms with E-state index in [4.69, 9.17) is 5.73 Å². The van der Waals surface area contributed by atoms with Crippen molar-refractivity contribution in [3.05, 3.63) is 0 Å². The van der Waals surface area contributed by atoms with Gasteiger partial charge in [0.1, 0.15) is 0 Å². The van der Waals surface area contributed by atoms with Crippen LogP contribution in [0.2, 0.25) is 0 Å². The van der Waals surface area contributed by atoms with Gasteiger partial charge in [-0.2, -0.15) is 11.8 Å². The molecule has 1 fully saturated rings. The third-order valence-electron chi connectivity index (χ3n) is 4.70. The molecule has 0 aromatic rings. The van der Waals surface area contributed by atoms with Crippen molar-refractivity contribution in [2.75, 3.05) is 12.8 Å². The second-order valence-corrected chi connectivity index (χ2v) is 7.90. The van der Waals surface area contributed by atoms with Crippen LogP contribution in [0.3, 0.4) is 0 Å². The summed E-state index contributed by atoms with van der Waals surface area (Å²) < 4.78 is 0.254. The van der Waals surface area contributed by atoms with Crippen molar-refractivity contribution in [2.24, 2.45) is 11.1 Å². The predicted molar refractivity (Wildman–Crippen MR) is 79.8 cm³/mol. The normalized spacial score (nSPS) is 19.9. The molecule has 0 radical (unpaired) electrons. The minimum Gasteiger partial charge on any atom is -0.354 e. The molecule has 1 aliphatic rings. The van der Waals surface area contributed by atoms with Crippen molar-refractivity contribution < 1.29 is 4.79 Å². The van der Waals surface area contributed by atoms with Crippen LogP contribution in [-0.4, -0.2) is 29.0 Å². The molecule has 0 aromatic heterocycles. The molecular weight excluding hydrogens is 244 g/mol. The number of nitrogens with two attached hydrogens (primary N) is 1. The summed E-state index contributed by atoms with van der Waals surface area (Å²) in [6, 6.07) is 0. The minimum atomic E-state index is -0.550. The Morgan fingerprint density at radius 1 is 1.28 bits per heavy atom. The monoisotopic (exact) mass is 272 g/mol. The number of carbonyl (C=O) groups excluding carboxylic acids is 1. The van der Waals surface area contributed by atoms with Crippen LogP contribution < -0.4 is 11.1 Å². The SMILES string of the molecule is CSC1(CNC(=O)C(C)(C)C(C)(C)N)CCCC1. The molecule has 106 valence electrons. The molecule has 18 heavy (non-hydrogen) atoms. The van der Waals surface area contributed by atoms with E-state index in [1.165, 1.54) is 25.7 Å². The summed E-state index contributed by atoms with van der Waals surface area (Å²) in [6.45, 7) is 8.43. The Morgan fingerprint density at radius 3 is 2.17 bits per heavy atom. The highest BCUT2D eigenvalue weighted by molar-refractivity contribution is 8.00. The van der Waals surface area contributed by atoms with Gasteiger partial charge in [0.15, 0.2) is 0 Å². The zero-order chi connectivity index (χ0) is 14.0. The van der Waals surface area contributed by atoms with E-state index in [-0.39, 0.29) is 10.7 Å². The van der Waals surface area contributed by atoms with Crippen molar-refractivity contribution in [3.8, 4) is 0 Å². The summed E-state index contributed by atoms with van der Waals surface area (Å²) in [4.78, 5) is 12.3. The van der Waals surface area contributed by atoms with Crippen LogP contribution in [0.25, 0.3) is 0 Å². The van der Waals surface area contributed by atoms with E-state index in [1.807, 2.05) is 39.5 Å². The van der Waals surface area contributed by atoms with Crippen LogP contribution in [0.15, 0.2) is 0 Å². The van der Waals surface area contributed by atoms with Crippen molar-refractivity contribution in [1.29, 1.82) is 0 Å². The Bertz CT molecular complexity index is 301. The average Bonchev–Trinajstić information content (AvgIpc) is 2.73. The molecule has 0 heterocycles. The van der Waals surface area contributed by atoms with Gasteiger partial charge in [0.25, 0.3) is 0 Å². The number of nitrogens with one attached hydrogen (secondary N) is 1. The first-order valence-electron chi connectivity index (χ1n) is 6.77. The van der Waals surface area contributed by atoms with E-state index in [0.29, 0.717) is 0 Å². The molecule has 3 N–H and O–H groups in total. The fourth-order valence-corrected chi connectivity index (χ4v) is 3.14. The molecule has 1 rings (SSSR count). The minimum absolute atomic E-state index is 0.0651. The van der Waals surface area contributed by atoms with E-state index in [1.54, 1.807) is 0 Å². The molecule has 4 heteroatoms. The summed E-state index contributed by atoms with van der Waals surface area (Å²) >= 11 is 1.89. The Hall–Kier alpha value is -0.220. The smallest absolute Gasteiger partial charge is 0.227 e. The van der Waals surface area contributed by atoms with Crippen molar-refractivity contribution in [2.45, 2.75) is 63.7 Å². The molecule has 1 saturated carbocycles. The number of hydrogen-bond donors (Lipinski definition) is 2. The molecule has 0 unspecified atom stereocenters. The Balaban J connectivity index is 2.61. The van der Waals surface area contributed by atoms with Gasteiger partial charge in [0.2, 0.25) is 5.91 Å². The van der Waals surface area contributed by atoms with Crippen molar-refractivity contribution in [3.63, 3.8) is 0 Å². The highest BCUT2D eigenvalue weighted by atomic mass is 32.2. The standard InChI is InChI=1S/C14H28N2OS/c1-12(2,13(3,4)15)11(17)16-10-14(18-5)8-6-7-9-14/h6-10,15H2,1-5H3,(H,16,17). The molecule has 0 saturated heterocycles. The van der Waals surface area contributed by atoms with Crippen LogP contribution in [0.4, 0.5) is 0 Å². The maximum Gasteiger partial charge on any atom is 0.227 e. The quantitative estimate of drug-likeness (QED) is 0.808. The van der Waals surface area contributed by atoms with Gasteiger partial charge in [-0.3, -0.25) is 4.79 Å². The van der Waals surface area contributed by atoms with E-state index in [9.17, 15) is 4.79 Å². The molecule has 0 aliphatic heterocycles. The number of hydrogen-bond acceptors (Lipinski definition) is 3. The lowest BCUT2D eigenvalue weighted by Crippen LogP contribution is -2.56. The zero-order valence-electron chi connectivity index (χ0n) is 12.4. The van der Waals surface area contributed by atoms with Gasteiger partial charge in [0, 0.05) is 16.8 Å². The van der Waals surface area contributed by atoms with Gasteiger partial charge in [-0.05, 0) is 46.8 Å². The summed E-state index contributed by atoms with van der Waals surface area (Å²) in [5.41, 5.74) is 5.03. The number of thioether (sulfide) groups is 1. The summed E-state index contributed by atoms with van der Waals surface area (Å²) in [6.07, 6.45) is 7.13. The lowest BCUT2D eigenvalue weighted by Gasteiger charge is -2.38. The van der Waals surface area contributed by atoms with Gasteiger partial charge in [0.05, 0.1) is 5.41 Å². The van der Waals surface area contributed by atoms with Crippen LogP contribution >= 0.6 is 11.8 Å². The molecule has 1 amide bonds. The second kappa shape index (κ2) is 5.41. The molecule has 0 aromatic carbocycles. The second-order valence-electron chi connectivity index (χ2n) is 6.62. The Morgan fingerprint density at radius 2 is 1.78 bits per heavy atom. The Labute approximate surface area is 116 Å². The highest BCUT2D eigenvalue weighted by Gasteiger charge is 2.41. The average molecular weight is 272 g/mol. The van der Waals surface area contributed by atoms with Gasteiger partial charge < -0.3 is 11.1 Å². The summed E-state index contributed by atoms with van der Waals surface area (Å²) in [5, 5.41) is 3.12. The van der Waals surface area contributed by atoms with Crippen LogP contribution in [0.5, 0.6) is 0 Å². The van der Waals surface area contributed by atoms with Crippen molar-refractivity contribution in [1.82, 2.24) is 5.32 Å². The first kappa shape index (κ1) is 15.8. The topological polar surface area (TPSA) is 55.1 Å². The van der Waals surface area contributed by atoms with Gasteiger partial charge >= 0.3 is 0 Å². The van der Waals surface area contributed by atoms with E-state index >= 15 is 0 Å². The zero-order valence-corrected chi connectivity index (χ0v) is 13.2. The maximum absolute atomic E-state index is 12.3. The van der Waals surface area contributed by atoms with Crippen LogP contribution in [0, 0.1) is 5.41 Å². The van der Waals surface area contributed by atoms with Crippen LogP contribution in [0.1, 0.15) is 53.4 Å². The fraction of sp³-hybridized carbons (Fsp3) is 0.929. The summed E-state index contributed by atoms with van der Waals surface area (Å²) in [5.74, 6) is 0.0651. The fourth-order valence-electron chi connectivity index (χ4n) is 2.23. The van der Waals surface area contributed by atoms with Gasteiger partial charge in [-0.25, -0.2) is 0 Å². The third-order valence-corrected chi connectivity index (χ3v) is 6.12. The van der Waals surface area contributed by atoms with E-state index < -0.39 is 11.0 Å². The van der Waals surface area contributed by atoms with E-state index in [2.05, 4.69) is 11.6 Å². The largest absolute Gasteiger partial charge is 0.354 e. The molecule has 1 aliphatic carbocycles. The first-order chi connectivity index (χ1) is 8.15. The van der Waals surface area contributed by atoms with Gasteiger partial charge in [-0.15, -0.1) is 0 Å². The van der Waals surface area contributed by atoms with Crippen molar-refractivity contribution >= 4 is 17.7 Å². The predicted octanol–water partition coefficient (Wildman–Crippen LogP) is 2.54. The third kappa shape index (κ3) is 3.21. The maximum atomic E-state index is 12.3. The molecule has 3 nitrogen and oxygen atoms in total. The van der Waals surface area contributed by atoms with Gasteiger partial charge in [-0.1, -0.05) is 12.8 Å². The van der Waals surface area contributed by atoms with Crippen LogP contribution in [-0.2, 0) is 4.79 Å². The lowest BCUT2D eigenvalue weighted by atomic mass is 9.74. The first-order valence-corrected chi connectivity index (χ1v) is 7.99. The highest BCUT2D eigenvalue weighted by Crippen LogP contribution is 2.40. The number of carbonyl (C=O) groups is 1. The molecular formula is C14H28N2OS. The lowest BCUT2D eigenvalue weighted by molar-refractivity contribution is -0.132. The summed E-state index contributed by atoms with van der Waals surface area (Å²) in [7, 11) is 0. The number of amides is 1. The number of rotatable bonds is 5. The molecule has 0 atom stereocenters. The molecule has 0 bridgehead atoms. The molecule has 0 spiro atoms. The Kier molecular flexibility index (Phi) is 4.76.